The molecular weight excluding hydrogens is 426 g/mol. The molecule has 0 aliphatic heterocycles. The second-order valence-corrected chi connectivity index (χ2v) is 10.5. The largest absolute Gasteiger partial charge is 0.352 e. The maximum absolute atomic E-state index is 12.5. The minimum absolute atomic E-state index is 0.0485. The predicted molar refractivity (Wildman–Crippen MR) is 126 cm³/mol. The monoisotopic (exact) mass is 457 g/mol. The number of nitrogens with one attached hydrogen (secondary N) is 1. The lowest BCUT2D eigenvalue weighted by molar-refractivity contribution is -0.121. The van der Waals surface area contributed by atoms with E-state index < -0.39 is 10.0 Å². The van der Waals surface area contributed by atoms with Crippen LogP contribution in [0.1, 0.15) is 23.4 Å². The first kappa shape index (κ1) is 23.9. The summed E-state index contributed by atoms with van der Waals surface area (Å²) in [5, 5.41) is 3.00. The molecule has 0 fully saturated rings. The van der Waals surface area contributed by atoms with Gasteiger partial charge >= 0.3 is 0 Å². The zero-order valence-electron chi connectivity index (χ0n) is 19.3. The third-order valence-electron chi connectivity index (χ3n) is 5.38. The Balaban J connectivity index is 1.66. The smallest absolute Gasteiger partial charge is 0.242 e. The van der Waals surface area contributed by atoms with Gasteiger partial charge in [-0.3, -0.25) is 4.79 Å². The van der Waals surface area contributed by atoms with Crippen LogP contribution in [0.25, 0.3) is 11.0 Å². The molecule has 32 heavy (non-hydrogen) atoms. The minimum Gasteiger partial charge on any atom is -0.352 e. The van der Waals surface area contributed by atoms with Crippen LogP contribution in [0.5, 0.6) is 0 Å². The summed E-state index contributed by atoms with van der Waals surface area (Å²) in [7, 11) is 5.39. The Morgan fingerprint density at radius 3 is 2.41 bits per heavy atom. The number of carbonyl (C=O) groups is 1. The van der Waals surface area contributed by atoms with Gasteiger partial charge in [0.2, 0.25) is 15.9 Å². The number of amides is 1. The van der Waals surface area contributed by atoms with Crippen LogP contribution >= 0.6 is 0 Å². The van der Waals surface area contributed by atoms with Gasteiger partial charge in [0.25, 0.3) is 0 Å². The number of aryl methyl sites for hydroxylation is 2. The van der Waals surface area contributed by atoms with Crippen molar-refractivity contribution in [2.75, 3.05) is 28.2 Å². The maximum Gasteiger partial charge on any atom is 0.242 e. The fourth-order valence-electron chi connectivity index (χ4n) is 3.56. The van der Waals surface area contributed by atoms with Crippen LogP contribution < -0.4 is 5.32 Å². The summed E-state index contributed by atoms with van der Waals surface area (Å²) in [6.07, 6.45) is 0.766. The fraction of sp³-hybridized carbons (Fsp3) is 0.391. The number of nitrogens with zero attached hydrogens (tertiary/aromatic N) is 4. The lowest BCUT2D eigenvalue weighted by Crippen LogP contribution is -2.24. The van der Waals surface area contributed by atoms with Crippen molar-refractivity contribution in [2.45, 2.75) is 30.8 Å². The van der Waals surface area contributed by atoms with E-state index in [4.69, 9.17) is 0 Å². The van der Waals surface area contributed by atoms with Crippen molar-refractivity contribution in [3.05, 3.63) is 59.4 Å². The van der Waals surface area contributed by atoms with Crippen LogP contribution in [0, 0.1) is 0 Å². The number of imidazole rings is 1. The molecule has 0 spiro atoms. The number of carbonyl (C=O) groups excluding carboxylic acids is 1. The van der Waals surface area contributed by atoms with Gasteiger partial charge in [-0.05, 0) is 43.4 Å². The van der Waals surface area contributed by atoms with Crippen LogP contribution in [0.4, 0.5) is 0 Å². The highest BCUT2D eigenvalue weighted by atomic mass is 32.2. The number of hydrogen-bond acceptors (Lipinski definition) is 5. The summed E-state index contributed by atoms with van der Waals surface area (Å²) < 4.78 is 27.9. The number of hydrogen-bond donors (Lipinski definition) is 1. The Morgan fingerprint density at radius 1 is 1.06 bits per heavy atom. The van der Waals surface area contributed by atoms with Gasteiger partial charge in [0.15, 0.2) is 0 Å². The highest BCUT2D eigenvalue weighted by Gasteiger charge is 2.19. The average molecular weight is 458 g/mol. The van der Waals surface area contributed by atoms with Crippen LogP contribution in [0.3, 0.4) is 0 Å². The molecule has 0 atom stereocenters. The van der Waals surface area contributed by atoms with Crippen molar-refractivity contribution in [1.82, 2.24) is 24.1 Å². The quantitative estimate of drug-likeness (QED) is 0.532. The molecule has 172 valence electrons. The summed E-state index contributed by atoms with van der Waals surface area (Å²) in [5.74, 6) is 0.690. The second kappa shape index (κ2) is 9.81. The zero-order chi connectivity index (χ0) is 23.5. The van der Waals surface area contributed by atoms with E-state index in [0.717, 1.165) is 23.4 Å². The number of fused-ring (bicyclic) bond motifs is 1. The van der Waals surface area contributed by atoms with E-state index >= 15 is 0 Å². The van der Waals surface area contributed by atoms with Crippen LogP contribution in [0.2, 0.25) is 0 Å². The van der Waals surface area contributed by atoms with Crippen LogP contribution in [0.15, 0.2) is 47.4 Å². The minimum atomic E-state index is -3.53. The van der Waals surface area contributed by atoms with Crippen molar-refractivity contribution in [3.63, 3.8) is 0 Å². The predicted octanol–water partition coefficient (Wildman–Crippen LogP) is 2.13. The summed E-state index contributed by atoms with van der Waals surface area (Å²) in [6.45, 7) is 1.30. The van der Waals surface area contributed by atoms with Crippen molar-refractivity contribution < 1.29 is 13.2 Å². The third-order valence-corrected chi connectivity index (χ3v) is 7.19. The summed E-state index contributed by atoms with van der Waals surface area (Å²) >= 11 is 0. The van der Waals surface area contributed by atoms with Gasteiger partial charge in [-0.25, -0.2) is 17.7 Å². The van der Waals surface area contributed by atoms with Crippen molar-refractivity contribution in [3.8, 4) is 0 Å². The molecule has 3 rings (SSSR count). The molecule has 2 aromatic carbocycles. The van der Waals surface area contributed by atoms with Crippen LogP contribution in [-0.4, -0.2) is 61.3 Å². The highest BCUT2D eigenvalue weighted by Crippen LogP contribution is 2.22. The van der Waals surface area contributed by atoms with Gasteiger partial charge in [-0.15, -0.1) is 0 Å². The molecule has 0 radical (unpaired) electrons. The van der Waals surface area contributed by atoms with E-state index in [-0.39, 0.29) is 10.8 Å². The molecule has 0 aliphatic rings. The van der Waals surface area contributed by atoms with Gasteiger partial charge in [0.1, 0.15) is 5.82 Å². The molecule has 0 saturated carbocycles. The highest BCUT2D eigenvalue weighted by molar-refractivity contribution is 7.89. The fourth-order valence-corrected chi connectivity index (χ4v) is 4.48. The lowest BCUT2D eigenvalue weighted by atomic mass is 10.1. The van der Waals surface area contributed by atoms with Crippen molar-refractivity contribution in [2.24, 2.45) is 7.05 Å². The van der Waals surface area contributed by atoms with E-state index in [9.17, 15) is 13.2 Å². The standard InChI is InChI=1S/C23H31N5O3S/c1-26(2)16-18-9-7-6-8-17(18)15-24-23(29)13-12-22-25-20-14-19(32(30,31)27(3)4)10-11-21(20)28(22)5/h6-11,14H,12-13,15-16H2,1-5H3,(H,24,29). The molecule has 3 aromatic rings. The van der Waals surface area contributed by atoms with Gasteiger partial charge in [0, 0.05) is 47.1 Å². The normalized spacial score (nSPS) is 12.1. The summed E-state index contributed by atoms with van der Waals surface area (Å²) in [4.78, 5) is 19.3. The van der Waals surface area contributed by atoms with Gasteiger partial charge in [-0.2, -0.15) is 0 Å². The zero-order valence-corrected chi connectivity index (χ0v) is 20.1. The Hall–Kier alpha value is -2.75. The first-order valence-corrected chi connectivity index (χ1v) is 11.9. The Labute approximate surface area is 189 Å². The first-order valence-electron chi connectivity index (χ1n) is 10.5. The maximum atomic E-state index is 12.5. The molecule has 1 aromatic heterocycles. The lowest BCUT2D eigenvalue weighted by Gasteiger charge is -2.14. The van der Waals surface area contributed by atoms with Gasteiger partial charge in [-0.1, -0.05) is 24.3 Å². The van der Waals surface area contributed by atoms with E-state index in [2.05, 4.69) is 21.3 Å². The molecule has 1 heterocycles. The molecule has 0 aliphatic carbocycles. The van der Waals surface area contributed by atoms with E-state index in [1.807, 2.05) is 43.9 Å². The Kier molecular flexibility index (Phi) is 7.33. The van der Waals surface area contributed by atoms with E-state index in [1.165, 1.54) is 24.0 Å². The third kappa shape index (κ3) is 5.35. The van der Waals surface area contributed by atoms with Crippen molar-refractivity contribution in [1.29, 1.82) is 0 Å². The topological polar surface area (TPSA) is 87.5 Å². The molecule has 0 bridgehead atoms. The molecule has 8 nitrogen and oxygen atoms in total. The van der Waals surface area contributed by atoms with Gasteiger partial charge < -0.3 is 14.8 Å². The molecule has 1 amide bonds. The Morgan fingerprint density at radius 2 is 1.75 bits per heavy atom. The van der Waals surface area contributed by atoms with Crippen LogP contribution in [-0.2, 0) is 41.4 Å². The summed E-state index contributed by atoms with van der Waals surface area (Å²) in [5.41, 5.74) is 3.72. The Bertz CT molecular complexity index is 1220. The molecular formula is C23H31N5O3S. The molecule has 0 unspecified atom stereocenters. The number of sulfonamides is 1. The van der Waals surface area contributed by atoms with Gasteiger partial charge in [0.05, 0.1) is 15.9 Å². The molecule has 9 heteroatoms. The molecule has 1 N–H and O–H groups in total. The number of rotatable bonds is 9. The average Bonchev–Trinajstić information content (AvgIpc) is 3.06. The van der Waals surface area contributed by atoms with Crippen molar-refractivity contribution >= 4 is 27.0 Å². The first-order chi connectivity index (χ1) is 15.1. The second-order valence-electron chi connectivity index (χ2n) is 8.31. The SMILES string of the molecule is CN(C)Cc1ccccc1CNC(=O)CCc1nc2cc(S(=O)(=O)N(C)C)ccc2n1C. The molecule has 0 saturated heterocycles. The summed E-state index contributed by atoms with van der Waals surface area (Å²) in [6, 6.07) is 13.0. The number of aromatic nitrogens is 2. The van der Waals surface area contributed by atoms with E-state index in [1.54, 1.807) is 18.2 Å². The number of benzene rings is 2. The van der Waals surface area contributed by atoms with E-state index in [0.29, 0.717) is 24.9 Å².